The molecule has 0 spiro atoms. The lowest BCUT2D eigenvalue weighted by Crippen LogP contribution is -2.33. The van der Waals surface area contributed by atoms with Crippen LogP contribution in [0.25, 0.3) is 0 Å². The van der Waals surface area contributed by atoms with Crippen molar-refractivity contribution in [2.24, 2.45) is 0 Å². The molecule has 8 heteroatoms. The molecule has 2 aromatic rings. The van der Waals surface area contributed by atoms with Crippen molar-refractivity contribution in [2.75, 3.05) is 11.9 Å². The van der Waals surface area contributed by atoms with Crippen molar-refractivity contribution in [3.63, 3.8) is 0 Å². The van der Waals surface area contributed by atoms with E-state index in [1.165, 1.54) is 17.3 Å². The van der Waals surface area contributed by atoms with Gasteiger partial charge in [-0.2, -0.15) is 5.10 Å². The highest BCUT2D eigenvalue weighted by Crippen LogP contribution is 2.30. The summed E-state index contributed by atoms with van der Waals surface area (Å²) in [6.07, 6.45) is 2.89. The zero-order valence-electron chi connectivity index (χ0n) is 12.8. The maximum absolute atomic E-state index is 12.3. The van der Waals surface area contributed by atoms with Crippen LogP contribution in [0.2, 0.25) is 0 Å². The third-order valence-electron chi connectivity index (χ3n) is 3.71. The predicted octanol–water partition coefficient (Wildman–Crippen LogP) is 1.05. The summed E-state index contributed by atoms with van der Waals surface area (Å²) in [7, 11) is 0. The fraction of sp³-hybridized carbons (Fsp3) is 0.333. The van der Waals surface area contributed by atoms with Gasteiger partial charge in [0.15, 0.2) is 6.61 Å². The molecule has 2 amide bonds. The smallest absolute Gasteiger partial charge is 0.262 e. The standard InChI is InChI=1S/C15H17N5O3/c1-9(18-15(22)10(2)20-8-16-7-17-20)11-3-4-13-12(5-11)19-14(21)6-23-13/h3-5,7-10H,6H2,1-2H3,(H,18,22)(H,19,21)/t9-,10+/m1/s1. The van der Waals surface area contributed by atoms with Gasteiger partial charge in [0.25, 0.3) is 5.91 Å². The summed E-state index contributed by atoms with van der Waals surface area (Å²) in [5, 5.41) is 9.64. The molecule has 0 unspecified atom stereocenters. The monoisotopic (exact) mass is 315 g/mol. The summed E-state index contributed by atoms with van der Waals surface area (Å²) >= 11 is 0. The molecular formula is C15H17N5O3. The van der Waals surface area contributed by atoms with Crippen molar-refractivity contribution in [1.82, 2.24) is 20.1 Å². The highest BCUT2D eigenvalue weighted by Gasteiger charge is 2.20. The number of anilines is 1. The van der Waals surface area contributed by atoms with Crippen molar-refractivity contribution < 1.29 is 14.3 Å². The van der Waals surface area contributed by atoms with E-state index < -0.39 is 6.04 Å². The van der Waals surface area contributed by atoms with E-state index in [0.717, 1.165) is 5.56 Å². The van der Waals surface area contributed by atoms with E-state index in [1.54, 1.807) is 19.1 Å². The van der Waals surface area contributed by atoms with Gasteiger partial charge in [-0.25, -0.2) is 9.67 Å². The number of hydrogen-bond acceptors (Lipinski definition) is 5. The van der Waals surface area contributed by atoms with E-state index in [-0.39, 0.29) is 24.5 Å². The molecule has 1 aliphatic rings. The maximum atomic E-state index is 12.3. The third-order valence-corrected chi connectivity index (χ3v) is 3.71. The maximum Gasteiger partial charge on any atom is 0.262 e. The summed E-state index contributed by atoms with van der Waals surface area (Å²) in [5.74, 6) is 0.273. The number of nitrogens with one attached hydrogen (secondary N) is 2. The van der Waals surface area contributed by atoms with Crippen LogP contribution in [0.4, 0.5) is 5.69 Å². The molecule has 8 nitrogen and oxygen atoms in total. The summed E-state index contributed by atoms with van der Waals surface area (Å²) < 4.78 is 6.81. The number of benzene rings is 1. The van der Waals surface area contributed by atoms with Crippen LogP contribution < -0.4 is 15.4 Å². The first-order chi connectivity index (χ1) is 11.0. The zero-order chi connectivity index (χ0) is 16.4. The molecule has 0 bridgehead atoms. The van der Waals surface area contributed by atoms with Gasteiger partial charge in [-0.1, -0.05) is 6.07 Å². The predicted molar refractivity (Wildman–Crippen MR) is 81.9 cm³/mol. The Morgan fingerprint density at radius 1 is 1.43 bits per heavy atom. The molecule has 1 aromatic heterocycles. The molecule has 0 aliphatic carbocycles. The van der Waals surface area contributed by atoms with Crippen molar-refractivity contribution in [2.45, 2.75) is 25.9 Å². The van der Waals surface area contributed by atoms with Gasteiger partial charge < -0.3 is 15.4 Å². The Morgan fingerprint density at radius 3 is 3.00 bits per heavy atom. The number of amides is 2. The number of carbonyl (C=O) groups is 2. The molecule has 0 radical (unpaired) electrons. The number of fused-ring (bicyclic) bond motifs is 1. The highest BCUT2D eigenvalue weighted by atomic mass is 16.5. The van der Waals surface area contributed by atoms with Gasteiger partial charge >= 0.3 is 0 Å². The molecule has 0 saturated carbocycles. The van der Waals surface area contributed by atoms with Crippen LogP contribution in [0.15, 0.2) is 30.9 Å². The van der Waals surface area contributed by atoms with E-state index in [2.05, 4.69) is 20.7 Å². The van der Waals surface area contributed by atoms with Gasteiger partial charge in [0.1, 0.15) is 24.4 Å². The van der Waals surface area contributed by atoms with Crippen molar-refractivity contribution in [1.29, 1.82) is 0 Å². The Bertz CT molecular complexity index is 729. The Morgan fingerprint density at radius 2 is 2.26 bits per heavy atom. The largest absolute Gasteiger partial charge is 0.482 e. The molecule has 3 rings (SSSR count). The Balaban J connectivity index is 1.71. The Kier molecular flexibility index (Phi) is 3.96. The van der Waals surface area contributed by atoms with E-state index in [4.69, 9.17) is 4.74 Å². The first kappa shape index (κ1) is 15.0. The topological polar surface area (TPSA) is 98.1 Å². The van der Waals surface area contributed by atoms with Gasteiger partial charge in [-0.05, 0) is 31.5 Å². The molecule has 2 heterocycles. The van der Waals surface area contributed by atoms with E-state index in [9.17, 15) is 9.59 Å². The summed E-state index contributed by atoms with van der Waals surface area (Å²) in [6.45, 7) is 3.64. The van der Waals surface area contributed by atoms with Gasteiger partial charge in [-0.3, -0.25) is 9.59 Å². The number of hydrogen-bond donors (Lipinski definition) is 2. The van der Waals surface area contributed by atoms with E-state index in [1.807, 2.05) is 13.0 Å². The van der Waals surface area contributed by atoms with Crippen molar-refractivity contribution >= 4 is 17.5 Å². The normalized spacial score (nSPS) is 15.8. The van der Waals surface area contributed by atoms with Crippen LogP contribution in [0.5, 0.6) is 5.75 Å². The van der Waals surface area contributed by atoms with Crippen LogP contribution >= 0.6 is 0 Å². The minimum Gasteiger partial charge on any atom is -0.482 e. The molecule has 0 saturated heterocycles. The Labute approximate surface area is 132 Å². The number of aromatic nitrogens is 3. The molecule has 2 atom stereocenters. The number of ether oxygens (including phenoxy) is 1. The van der Waals surface area contributed by atoms with Crippen molar-refractivity contribution in [3.8, 4) is 5.75 Å². The molecule has 23 heavy (non-hydrogen) atoms. The second-order valence-electron chi connectivity index (χ2n) is 5.37. The van der Waals surface area contributed by atoms with Crippen LogP contribution in [0, 0.1) is 0 Å². The van der Waals surface area contributed by atoms with Gasteiger partial charge in [0.2, 0.25) is 5.91 Å². The van der Waals surface area contributed by atoms with Crippen LogP contribution in [0.3, 0.4) is 0 Å². The quantitative estimate of drug-likeness (QED) is 0.878. The first-order valence-electron chi connectivity index (χ1n) is 7.25. The average molecular weight is 315 g/mol. The third kappa shape index (κ3) is 3.15. The number of rotatable bonds is 4. The van der Waals surface area contributed by atoms with E-state index >= 15 is 0 Å². The lowest BCUT2D eigenvalue weighted by atomic mass is 10.1. The lowest BCUT2D eigenvalue weighted by Gasteiger charge is -2.22. The molecule has 2 N–H and O–H groups in total. The van der Waals surface area contributed by atoms with Gasteiger partial charge in [-0.15, -0.1) is 0 Å². The van der Waals surface area contributed by atoms with Crippen LogP contribution in [0.1, 0.15) is 31.5 Å². The first-order valence-corrected chi connectivity index (χ1v) is 7.25. The number of carbonyl (C=O) groups excluding carboxylic acids is 2. The number of nitrogens with zero attached hydrogens (tertiary/aromatic N) is 3. The highest BCUT2D eigenvalue weighted by molar-refractivity contribution is 5.95. The molecule has 1 aliphatic heterocycles. The summed E-state index contributed by atoms with van der Waals surface area (Å²) in [5.41, 5.74) is 1.48. The molecule has 1 aromatic carbocycles. The summed E-state index contributed by atoms with van der Waals surface area (Å²) in [6, 6.07) is 4.77. The lowest BCUT2D eigenvalue weighted by molar-refractivity contribution is -0.124. The van der Waals surface area contributed by atoms with Crippen molar-refractivity contribution in [3.05, 3.63) is 36.4 Å². The minimum atomic E-state index is -0.458. The fourth-order valence-corrected chi connectivity index (χ4v) is 2.32. The Hall–Kier alpha value is -2.90. The minimum absolute atomic E-state index is 0.0219. The van der Waals surface area contributed by atoms with Gasteiger partial charge in [0.05, 0.1) is 11.7 Å². The molecular weight excluding hydrogens is 298 g/mol. The second kappa shape index (κ2) is 6.07. The van der Waals surface area contributed by atoms with Crippen LogP contribution in [-0.2, 0) is 9.59 Å². The second-order valence-corrected chi connectivity index (χ2v) is 5.37. The summed E-state index contributed by atoms with van der Waals surface area (Å²) in [4.78, 5) is 27.5. The van der Waals surface area contributed by atoms with Gasteiger partial charge in [0, 0.05) is 0 Å². The molecule has 0 fully saturated rings. The van der Waals surface area contributed by atoms with E-state index in [0.29, 0.717) is 11.4 Å². The van der Waals surface area contributed by atoms with Crippen LogP contribution in [-0.4, -0.2) is 33.2 Å². The fourth-order valence-electron chi connectivity index (χ4n) is 2.32. The molecule has 120 valence electrons. The zero-order valence-corrected chi connectivity index (χ0v) is 12.8. The SMILES string of the molecule is C[C@@H](NC(=O)[C@H](C)n1cncn1)c1ccc2c(c1)NC(=O)CO2. The average Bonchev–Trinajstić information content (AvgIpc) is 3.07.